The van der Waals surface area contributed by atoms with Gasteiger partial charge >= 0.3 is 0 Å². The number of sulfonamides is 1. The normalized spacial score (nSPS) is 15.0. The van der Waals surface area contributed by atoms with Gasteiger partial charge in [-0.05, 0) is 83.5 Å². The minimum Gasteiger partial charge on any atom is -0.387 e. The molecule has 6 heteroatoms. The first-order valence-electron chi connectivity index (χ1n) is 7.74. The Balaban J connectivity index is 3.21. The van der Waals surface area contributed by atoms with E-state index in [2.05, 4.69) is 4.72 Å². The minimum atomic E-state index is -3.68. The van der Waals surface area contributed by atoms with Crippen LogP contribution in [0.25, 0.3) is 0 Å². The Morgan fingerprint density at radius 2 is 1.35 bits per heavy atom. The maximum atomic E-state index is 12.8. The molecule has 0 amide bonds. The summed E-state index contributed by atoms with van der Waals surface area (Å²) < 4.78 is 28.1. The van der Waals surface area contributed by atoms with Crippen LogP contribution in [0.1, 0.15) is 34.7 Å². The van der Waals surface area contributed by atoms with Crippen molar-refractivity contribution in [3.05, 3.63) is 27.8 Å². The molecule has 2 N–H and O–H groups in total. The summed E-state index contributed by atoms with van der Waals surface area (Å²) in [5, 5.41) is 10.3. The molecule has 5 nitrogen and oxygen atoms in total. The van der Waals surface area contributed by atoms with Gasteiger partial charge < -0.3 is 10.0 Å². The van der Waals surface area contributed by atoms with Gasteiger partial charge in [-0.15, -0.1) is 0 Å². The second-order valence-corrected chi connectivity index (χ2v) is 8.72. The standard InChI is InChI=1S/C17H30N2O3S/c1-11-12(2)14(4)16(15(5)13(11)3)23(21,22)18-9-17(6,20)10-19(7)8/h18,20H,9-10H2,1-8H3/t17-/m1/s1. The highest BCUT2D eigenvalue weighted by molar-refractivity contribution is 7.89. The van der Waals surface area contributed by atoms with Gasteiger partial charge in [-0.3, -0.25) is 0 Å². The molecule has 0 bridgehead atoms. The number of aliphatic hydroxyl groups is 1. The summed E-state index contributed by atoms with van der Waals surface area (Å²) in [6, 6.07) is 0. The van der Waals surface area contributed by atoms with Gasteiger partial charge in [0.15, 0.2) is 0 Å². The monoisotopic (exact) mass is 342 g/mol. The number of nitrogens with zero attached hydrogens (tertiary/aromatic N) is 1. The van der Waals surface area contributed by atoms with E-state index in [4.69, 9.17) is 0 Å². The summed E-state index contributed by atoms with van der Waals surface area (Å²) in [5.41, 5.74) is 3.52. The molecule has 0 saturated heterocycles. The largest absolute Gasteiger partial charge is 0.387 e. The van der Waals surface area contributed by atoms with Crippen molar-refractivity contribution in [3.8, 4) is 0 Å². The predicted octanol–water partition coefficient (Wildman–Crippen LogP) is 1.82. The molecule has 1 aromatic rings. The van der Waals surface area contributed by atoms with Gasteiger partial charge in [0.05, 0.1) is 10.5 Å². The maximum absolute atomic E-state index is 12.8. The van der Waals surface area contributed by atoms with Crippen LogP contribution in [0, 0.1) is 34.6 Å². The fraction of sp³-hybridized carbons (Fsp3) is 0.647. The van der Waals surface area contributed by atoms with Crippen molar-refractivity contribution in [2.24, 2.45) is 0 Å². The Kier molecular flexibility index (Phi) is 6.02. The van der Waals surface area contributed by atoms with E-state index in [0.717, 1.165) is 27.8 Å². The molecule has 0 fully saturated rings. The first-order chi connectivity index (χ1) is 10.3. The van der Waals surface area contributed by atoms with E-state index in [0.29, 0.717) is 11.4 Å². The van der Waals surface area contributed by atoms with Crippen LogP contribution < -0.4 is 4.72 Å². The Bertz CT molecular complexity index is 663. The summed E-state index contributed by atoms with van der Waals surface area (Å²) in [4.78, 5) is 2.16. The molecule has 0 aromatic heterocycles. The zero-order valence-electron chi connectivity index (χ0n) is 15.5. The van der Waals surface area contributed by atoms with Gasteiger partial charge in [-0.2, -0.15) is 0 Å². The third kappa shape index (κ3) is 4.53. The van der Waals surface area contributed by atoms with Crippen LogP contribution in [0.3, 0.4) is 0 Å². The second kappa shape index (κ2) is 6.89. The molecule has 0 heterocycles. The van der Waals surface area contributed by atoms with Crippen LogP contribution in [0.4, 0.5) is 0 Å². The van der Waals surface area contributed by atoms with Gasteiger partial charge in [0.1, 0.15) is 0 Å². The number of rotatable bonds is 6. The summed E-state index contributed by atoms with van der Waals surface area (Å²) >= 11 is 0. The summed E-state index contributed by atoms with van der Waals surface area (Å²) in [7, 11) is -0.00636. The third-order valence-electron chi connectivity index (χ3n) is 4.50. The number of nitrogens with one attached hydrogen (secondary N) is 1. The van der Waals surface area contributed by atoms with E-state index < -0.39 is 15.6 Å². The molecule has 132 valence electrons. The smallest absolute Gasteiger partial charge is 0.241 e. The highest BCUT2D eigenvalue weighted by atomic mass is 32.2. The van der Waals surface area contributed by atoms with Crippen LogP contribution in [-0.4, -0.2) is 51.2 Å². The summed E-state index contributed by atoms with van der Waals surface area (Å²) in [6.07, 6.45) is 0. The van der Waals surface area contributed by atoms with E-state index in [1.165, 1.54) is 0 Å². The van der Waals surface area contributed by atoms with Crippen LogP contribution >= 0.6 is 0 Å². The molecule has 1 aromatic carbocycles. The number of benzene rings is 1. The van der Waals surface area contributed by atoms with E-state index in [1.54, 1.807) is 6.92 Å². The van der Waals surface area contributed by atoms with Crippen LogP contribution in [0.15, 0.2) is 4.90 Å². The quantitative estimate of drug-likeness (QED) is 0.827. The lowest BCUT2D eigenvalue weighted by atomic mass is 9.95. The van der Waals surface area contributed by atoms with E-state index >= 15 is 0 Å². The van der Waals surface area contributed by atoms with Gasteiger partial charge in [0.25, 0.3) is 0 Å². The lowest BCUT2D eigenvalue weighted by Gasteiger charge is -2.27. The molecule has 0 radical (unpaired) electrons. The van der Waals surface area contributed by atoms with Crippen molar-refractivity contribution < 1.29 is 13.5 Å². The van der Waals surface area contributed by atoms with Crippen molar-refractivity contribution in [1.29, 1.82) is 0 Å². The Labute approximate surface area is 140 Å². The molecule has 0 unspecified atom stereocenters. The van der Waals surface area contributed by atoms with Crippen molar-refractivity contribution in [2.45, 2.75) is 52.0 Å². The van der Waals surface area contributed by atoms with Gasteiger partial charge in [-0.1, -0.05) is 0 Å². The first-order valence-corrected chi connectivity index (χ1v) is 9.22. The zero-order valence-corrected chi connectivity index (χ0v) is 16.3. The fourth-order valence-corrected chi connectivity index (χ4v) is 4.69. The lowest BCUT2D eigenvalue weighted by molar-refractivity contribution is 0.0386. The SMILES string of the molecule is Cc1c(C)c(C)c(S(=O)(=O)NC[C@@](C)(O)CN(C)C)c(C)c1C. The second-order valence-electron chi connectivity index (χ2n) is 7.01. The average Bonchev–Trinajstić information content (AvgIpc) is 2.40. The van der Waals surface area contributed by atoms with E-state index in [-0.39, 0.29) is 6.54 Å². The number of likely N-dealkylation sites (N-methyl/N-ethyl adjacent to an activating group) is 1. The van der Waals surface area contributed by atoms with Crippen molar-refractivity contribution in [2.75, 3.05) is 27.2 Å². The third-order valence-corrected chi connectivity index (χ3v) is 6.17. The molecular formula is C17H30N2O3S. The van der Waals surface area contributed by atoms with Gasteiger partial charge in [0.2, 0.25) is 10.0 Å². The Morgan fingerprint density at radius 1 is 0.957 bits per heavy atom. The molecule has 23 heavy (non-hydrogen) atoms. The number of hydrogen-bond donors (Lipinski definition) is 2. The van der Waals surface area contributed by atoms with Crippen LogP contribution in [0.2, 0.25) is 0 Å². The zero-order chi connectivity index (χ0) is 18.2. The van der Waals surface area contributed by atoms with E-state index in [1.807, 2.05) is 53.6 Å². The molecule has 1 rings (SSSR count). The highest BCUT2D eigenvalue weighted by Crippen LogP contribution is 2.29. The fourth-order valence-electron chi connectivity index (χ4n) is 2.93. The summed E-state index contributed by atoms with van der Waals surface area (Å²) in [5.74, 6) is 0. The van der Waals surface area contributed by atoms with E-state index in [9.17, 15) is 13.5 Å². The average molecular weight is 343 g/mol. The van der Waals surface area contributed by atoms with Crippen molar-refractivity contribution in [3.63, 3.8) is 0 Å². The molecule has 0 aliphatic heterocycles. The molecule has 0 spiro atoms. The highest BCUT2D eigenvalue weighted by Gasteiger charge is 2.28. The Hall–Kier alpha value is -0.950. The minimum absolute atomic E-state index is 0.0294. The summed E-state index contributed by atoms with van der Waals surface area (Å²) in [6.45, 7) is 11.5. The van der Waals surface area contributed by atoms with Crippen LogP contribution in [-0.2, 0) is 10.0 Å². The molecule has 0 saturated carbocycles. The lowest BCUT2D eigenvalue weighted by Crippen LogP contribution is -2.47. The first kappa shape index (κ1) is 20.1. The maximum Gasteiger partial charge on any atom is 0.241 e. The van der Waals surface area contributed by atoms with Crippen molar-refractivity contribution >= 4 is 10.0 Å². The van der Waals surface area contributed by atoms with Crippen LogP contribution in [0.5, 0.6) is 0 Å². The molecule has 0 aliphatic carbocycles. The van der Waals surface area contributed by atoms with Gasteiger partial charge in [0, 0.05) is 13.1 Å². The molecular weight excluding hydrogens is 312 g/mol. The number of hydrogen-bond acceptors (Lipinski definition) is 4. The molecule has 1 atom stereocenters. The topological polar surface area (TPSA) is 69.6 Å². The van der Waals surface area contributed by atoms with Crippen molar-refractivity contribution in [1.82, 2.24) is 9.62 Å². The van der Waals surface area contributed by atoms with Gasteiger partial charge in [-0.25, -0.2) is 13.1 Å². The Morgan fingerprint density at radius 3 is 1.74 bits per heavy atom. The predicted molar refractivity (Wildman–Crippen MR) is 94.5 cm³/mol. The molecule has 0 aliphatic rings.